The third-order valence-electron chi connectivity index (χ3n) is 9.54. The van der Waals surface area contributed by atoms with Gasteiger partial charge in [0.25, 0.3) is 0 Å². The van der Waals surface area contributed by atoms with Crippen LogP contribution < -0.4 is 14.2 Å². The molecule has 18 heteroatoms. The zero-order valence-electron chi connectivity index (χ0n) is 27.4. The zero-order chi connectivity index (χ0) is 36.9. The molecule has 3 saturated heterocycles. The highest BCUT2D eigenvalue weighted by molar-refractivity contribution is 6.02. The monoisotopic (exact) mass is 722 g/mol. The fraction of sp³-hybridized carbons (Fsp3) is 0.515. The van der Waals surface area contributed by atoms with E-state index >= 15 is 0 Å². The third kappa shape index (κ3) is 6.01. The summed E-state index contributed by atoms with van der Waals surface area (Å²) in [7, 11) is 3.87. The van der Waals surface area contributed by atoms with E-state index in [4.69, 9.17) is 37.9 Å². The van der Waals surface area contributed by atoms with Gasteiger partial charge in [0, 0.05) is 11.5 Å². The van der Waals surface area contributed by atoms with E-state index in [0.29, 0.717) is 0 Å². The molecule has 4 aliphatic rings. The third-order valence-corrected chi connectivity index (χ3v) is 9.54. The number of hydrogen-bond acceptors (Lipinski definition) is 18. The molecular weight excluding hydrogens is 684 g/mol. The van der Waals surface area contributed by atoms with Crippen LogP contribution in [0.2, 0.25) is 0 Å². The van der Waals surface area contributed by atoms with Gasteiger partial charge in [0.15, 0.2) is 35.4 Å². The summed E-state index contributed by atoms with van der Waals surface area (Å²) in [5.41, 5.74) is 0.491. The smallest absolute Gasteiger partial charge is 0.335 e. The van der Waals surface area contributed by atoms with Crippen molar-refractivity contribution in [1.82, 2.24) is 0 Å². The number of aliphatic hydroxyl groups is 6. The Morgan fingerprint density at radius 2 is 1.61 bits per heavy atom. The first-order valence-corrected chi connectivity index (χ1v) is 15.7. The SMILES string of the molecule is COc1cc([C@@H]2c3c(cc(OC)c(O)c3OC)C=C3C(=O)OC[C@H]4O[C@@](CO)(O[C@H]5O[C@H](CO)[C@@H](O)[C@H](O)[C@H]5O)[C@@H](OC(=O)[C@H]32)[C@@H]4O)ccc1O. The van der Waals surface area contributed by atoms with Gasteiger partial charge in [-0.15, -0.1) is 0 Å². The number of cyclic esters (lactones) is 1. The molecule has 2 bridgehead atoms. The molecule has 3 fully saturated rings. The van der Waals surface area contributed by atoms with Crippen LogP contribution in [0, 0.1) is 5.92 Å². The number of hydrogen-bond donors (Lipinski definition) is 8. The average Bonchev–Trinajstić information content (AvgIpc) is 3.38. The second-order valence-electron chi connectivity index (χ2n) is 12.3. The van der Waals surface area contributed by atoms with Crippen molar-refractivity contribution >= 4 is 18.0 Å². The fourth-order valence-electron chi connectivity index (χ4n) is 6.96. The van der Waals surface area contributed by atoms with Gasteiger partial charge in [0.1, 0.15) is 55.8 Å². The van der Waals surface area contributed by atoms with Gasteiger partial charge in [0.2, 0.25) is 11.5 Å². The number of esters is 2. The molecule has 51 heavy (non-hydrogen) atoms. The Morgan fingerprint density at radius 3 is 2.25 bits per heavy atom. The van der Waals surface area contributed by atoms with Crippen LogP contribution in [0.1, 0.15) is 22.6 Å². The first-order chi connectivity index (χ1) is 24.3. The van der Waals surface area contributed by atoms with Gasteiger partial charge < -0.3 is 78.7 Å². The van der Waals surface area contributed by atoms with Crippen molar-refractivity contribution in [1.29, 1.82) is 0 Å². The maximum absolute atomic E-state index is 14.6. The van der Waals surface area contributed by atoms with Crippen molar-refractivity contribution in [3.05, 3.63) is 46.5 Å². The van der Waals surface area contributed by atoms with Gasteiger partial charge in [0.05, 0.1) is 33.5 Å². The Morgan fingerprint density at radius 1 is 0.882 bits per heavy atom. The summed E-state index contributed by atoms with van der Waals surface area (Å²) in [6, 6.07) is 5.54. The second kappa shape index (κ2) is 14.1. The number of rotatable bonds is 8. The molecule has 1 aliphatic carbocycles. The largest absolute Gasteiger partial charge is 0.504 e. The van der Waals surface area contributed by atoms with E-state index in [1.165, 1.54) is 51.7 Å². The van der Waals surface area contributed by atoms with E-state index in [-0.39, 0.29) is 45.3 Å². The summed E-state index contributed by atoms with van der Waals surface area (Å²) < 4.78 is 44.7. The van der Waals surface area contributed by atoms with Crippen molar-refractivity contribution in [2.75, 3.05) is 41.2 Å². The molecule has 3 aliphatic heterocycles. The van der Waals surface area contributed by atoms with Crippen LogP contribution in [0.25, 0.3) is 6.08 Å². The summed E-state index contributed by atoms with van der Waals surface area (Å²) in [6.45, 7) is -2.63. The maximum atomic E-state index is 14.6. The molecule has 0 radical (unpaired) electrons. The Kier molecular flexibility index (Phi) is 10.1. The quantitative estimate of drug-likeness (QED) is 0.137. The van der Waals surface area contributed by atoms with Gasteiger partial charge >= 0.3 is 11.9 Å². The standard InChI is InChI=1S/C33H38O18/c1-44-16-7-12(4-5-15(16)36)20-21-13(8-17(45-2)24(38)28(21)46-3)6-14-22(20)31(43)49-29-25(39)19(10-47-30(14)42)50-33(29,11-35)51-32-27(41)26(40)23(37)18(9-34)48-32/h4-8,18-20,22-23,25-27,29,32,34-41H,9-11H2,1-3H3/t18-,19-,20-,22-,23-,25-,26+,27-,29+,32-,33+/m1/s1. The number of methoxy groups -OCH3 is 3. The Hall–Kier alpha value is -4.24. The van der Waals surface area contributed by atoms with E-state index < -0.39 is 104 Å². The number of carbonyl (C=O) groups is 2. The lowest BCUT2D eigenvalue weighted by atomic mass is 9.70. The maximum Gasteiger partial charge on any atom is 0.335 e. The van der Waals surface area contributed by atoms with Crippen LogP contribution in [-0.4, -0.2) is 149 Å². The van der Waals surface area contributed by atoms with E-state index in [1.807, 2.05) is 0 Å². The van der Waals surface area contributed by atoms with Crippen LogP contribution in [0.3, 0.4) is 0 Å². The second-order valence-corrected chi connectivity index (χ2v) is 12.3. The van der Waals surface area contributed by atoms with E-state index in [2.05, 4.69) is 0 Å². The topological polar surface area (TPSA) is 270 Å². The van der Waals surface area contributed by atoms with Crippen molar-refractivity contribution in [2.24, 2.45) is 5.92 Å². The summed E-state index contributed by atoms with van der Waals surface area (Å²) in [4.78, 5) is 28.4. The molecule has 18 nitrogen and oxygen atoms in total. The van der Waals surface area contributed by atoms with Gasteiger partial charge in [-0.25, -0.2) is 4.79 Å². The number of phenols is 2. The van der Waals surface area contributed by atoms with E-state index in [0.717, 1.165) is 0 Å². The van der Waals surface area contributed by atoms with Crippen molar-refractivity contribution in [2.45, 2.75) is 60.7 Å². The molecule has 2 aromatic rings. The number of ether oxygens (including phenoxy) is 8. The van der Waals surface area contributed by atoms with Crippen LogP contribution in [0.5, 0.6) is 28.7 Å². The lowest BCUT2D eigenvalue weighted by Gasteiger charge is -2.43. The average molecular weight is 723 g/mol. The highest BCUT2D eigenvalue weighted by Gasteiger charge is 2.62. The number of aliphatic hydroxyl groups excluding tert-OH is 6. The summed E-state index contributed by atoms with van der Waals surface area (Å²) in [5.74, 6) is -8.47. The first-order valence-electron chi connectivity index (χ1n) is 15.7. The predicted molar refractivity (Wildman–Crippen MR) is 166 cm³/mol. The van der Waals surface area contributed by atoms with Gasteiger partial charge in [-0.1, -0.05) is 6.07 Å². The minimum Gasteiger partial charge on any atom is -0.504 e. The number of phenolic OH excluding ortho intramolecular Hbond substituents is 2. The summed E-state index contributed by atoms with van der Waals surface area (Å²) in [6.07, 6.45) is -12.9. The summed E-state index contributed by atoms with van der Waals surface area (Å²) in [5, 5.41) is 84.4. The van der Waals surface area contributed by atoms with Gasteiger partial charge in [-0.2, -0.15) is 0 Å². The molecule has 0 unspecified atom stereocenters. The van der Waals surface area contributed by atoms with Crippen molar-refractivity contribution in [3.63, 3.8) is 0 Å². The number of fused-ring (bicyclic) bond motifs is 4. The fourth-order valence-corrected chi connectivity index (χ4v) is 6.96. The summed E-state index contributed by atoms with van der Waals surface area (Å²) >= 11 is 0. The van der Waals surface area contributed by atoms with Crippen LogP contribution in [-0.2, 0) is 33.3 Å². The number of aromatic hydroxyl groups is 2. The molecule has 0 saturated carbocycles. The lowest BCUT2D eigenvalue weighted by molar-refractivity contribution is -0.383. The normalized spacial score (nSPS) is 34.7. The number of benzene rings is 2. The molecule has 278 valence electrons. The van der Waals surface area contributed by atoms with Crippen LogP contribution >= 0.6 is 0 Å². The highest BCUT2D eigenvalue weighted by Crippen LogP contribution is 2.54. The minimum absolute atomic E-state index is 0.00709. The zero-order valence-corrected chi connectivity index (χ0v) is 27.4. The first kappa shape index (κ1) is 36.5. The Balaban J connectivity index is 1.49. The highest BCUT2D eigenvalue weighted by atomic mass is 16.8. The molecule has 2 aromatic carbocycles. The van der Waals surface area contributed by atoms with Crippen LogP contribution in [0.15, 0.2) is 29.8 Å². The van der Waals surface area contributed by atoms with Crippen molar-refractivity contribution in [3.8, 4) is 28.7 Å². The molecular formula is C33H38O18. The molecule has 0 amide bonds. The van der Waals surface area contributed by atoms with Crippen LogP contribution in [0.4, 0.5) is 0 Å². The molecule has 0 spiro atoms. The number of carbonyl (C=O) groups excluding carboxylic acids is 2. The molecule has 3 heterocycles. The van der Waals surface area contributed by atoms with Gasteiger partial charge in [-0.3, -0.25) is 4.79 Å². The van der Waals surface area contributed by atoms with E-state index in [1.54, 1.807) is 0 Å². The Labute approximate surface area is 289 Å². The minimum atomic E-state index is -2.53. The van der Waals surface area contributed by atoms with Crippen molar-refractivity contribution < 1.29 is 88.3 Å². The predicted octanol–water partition coefficient (Wildman–Crippen LogP) is -2.00. The molecule has 11 atom stereocenters. The lowest BCUT2D eigenvalue weighted by Crippen LogP contribution is -2.63. The molecule has 0 aromatic heterocycles. The van der Waals surface area contributed by atoms with Gasteiger partial charge in [-0.05, 0) is 35.4 Å². The molecule has 8 N–H and O–H groups in total. The van der Waals surface area contributed by atoms with E-state index in [9.17, 15) is 50.4 Å². The molecule has 6 rings (SSSR count). The Bertz CT molecular complexity index is 1690.